The Morgan fingerprint density at radius 3 is 0.536 bits per heavy atom. The normalized spacial score (nSPS) is 14.9. The van der Waals surface area contributed by atoms with Crippen LogP contribution in [0, 0.1) is 0 Å². The van der Waals surface area contributed by atoms with Gasteiger partial charge in [0.2, 0.25) is 31.7 Å². The Labute approximate surface area is 608 Å². The van der Waals surface area contributed by atoms with Gasteiger partial charge in [-0.3, -0.25) is 0 Å². The summed E-state index contributed by atoms with van der Waals surface area (Å²) in [4.78, 5) is -2.45. The van der Waals surface area contributed by atoms with E-state index in [1.165, 1.54) is 0 Å². The summed E-state index contributed by atoms with van der Waals surface area (Å²) in [6.07, 6.45) is 9.99. The second-order valence-electron chi connectivity index (χ2n) is 19.0. The monoisotopic (exact) mass is 1590 g/mol. The van der Waals surface area contributed by atoms with Crippen LogP contribution in [0.2, 0.25) is 0 Å². The van der Waals surface area contributed by atoms with Gasteiger partial charge in [-0.15, -0.1) is 253 Å². The third-order valence-corrected chi connectivity index (χ3v) is 18.9. The predicted molar refractivity (Wildman–Crippen MR) is 406 cm³/mol. The molecule has 40 heteroatoms. The molecule has 84 heavy (non-hydrogen) atoms. The molecule has 20 N–H and O–H groups in total. The minimum absolute atomic E-state index is 0.0382. The van der Waals surface area contributed by atoms with Crippen LogP contribution in [-0.2, 0) is 0 Å². The standard InChI is InChI=1S/C6H14O4S.C6H14O3S2.C6H14O2S3.C6H14OS4.C5H12O4S.C5H12O3S2.C5H12O2S3.C5H12OS4/c4*1-2-3-4-5(7,8)6(9,10)11;4*1-2-3-4(6,7)5(8,9)10/h4*7-11H,2-4H2,1H3;4*6-10H,2-3H2,1H3. The van der Waals surface area contributed by atoms with Crippen LogP contribution in [0.5, 0.6) is 0 Å². The topological polar surface area (TPSA) is 405 Å². The summed E-state index contributed by atoms with van der Waals surface area (Å²) in [5, 5.41) is 175. The summed E-state index contributed by atoms with van der Waals surface area (Å²) in [5.41, 5.74) is 0. The first kappa shape index (κ1) is 106. The van der Waals surface area contributed by atoms with Gasteiger partial charge in [0.1, 0.15) is 16.7 Å². The first-order valence-corrected chi connectivity index (χ1v) is 34.4. The fourth-order valence-electron chi connectivity index (χ4n) is 4.43. The Balaban J connectivity index is -0.000000131. The van der Waals surface area contributed by atoms with Gasteiger partial charge in [-0.05, 0) is 38.5 Å². The van der Waals surface area contributed by atoms with Gasteiger partial charge >= 0.3 is 0 Å². The molecule has 0 saturated carbocycles. The fourth-order valence-corrected chi connectivity index (χ4v) is 6.82. The summed E-state index contributed by atoms with van der Waals surface area (Å²) in [5.74, 6) is -13.4. The van der Waals surface area contributed by atoms with Gasteiger partial charge in [0, 0.05) is 38.5 Å². The van der Waals surface area contributed by atoms with E-state index in [0.717, 1.165) is 44.9 Å². The molecule has 0 heterocycles. The molecule has 0 spiro atoms. The minimum Gasteiger partial charge on any atom is -0.376 e. The Kier molecular flexibility index (Phi) is 58.8. The highest BCUT2D eigenvalue weighted by molar-refractivity contribution is 8.19. The number of hydrogen-bond acceptors (Lipinski definition) is 40. The molecule has 0 amide bonds. The third kappa shape index (κ3) is 51.4. The maximum absolute atomic E-state index is 9.62. The van der Waals surface area contributed by atoms with E-state index in [-0.39, 0.29) is 38.5 Å². The van der Waals surface area contributed by atoms with Crippen molar-refractivity contribution in [2.45, 2.75) is 261 Å². The van der Waals surface area contributed by atoms with Gasteiger partial charge in [0.15, 0.2) is 18.4 Å². The summed E-state index contributed by atoms with van der Waals surface area (Å²) in [7, 11) is 0. The van der Waals surface area contributed by atoms with Crippen LogP contribution in [0.4, 0.5) is 0 Å². The van der Waals surface area contributed by atoms with Gasteiger partial charge < -0.3 is 102 Å². The first-order valence-electron chi connectivity index (χ1n) is 25.4. The highest BCUT2D eigenvalue weighted by atomic mass is 32.2. The zero-order valence-corrected chi connectivity index (χ0v) is 65.9. The van der Waals surface area contributed by atoms with Gasteiger partial charge in [0.25, 0.3) is 10.2 Å². The lowest BCUT2D eigenvalue weighted by Gasteiger charge is -2.33. The molecule has 520 valence electrons. The van der Waals surface area contributed by atoms with Crippen molar-refractivity contribution in [1.29, 1.82) is 0 Å². The molecule has 0 aliphatic rings. The maximum atomic E-state index is 9.62. The van der Waals surface area contributed by atoms with Crippen molar-refractivity contribution in [3.8, 4) is 0 Å². The van der Waals surface area contributed by atoms with Crippen LogP contribution in [0.15, 0.2) is 0 Å². The van der Waals surface area contributed by atoms with Crippen LogP contribution < -0.4 is 0 Å². The van der Waals surface area contributed by atoms with E-state index in [1.807, 2.05) is 41.5 Å². The molecule has 0 saturated heterocycles. The van der Waals surface area contributed by atoms with Crippen LogP contribution in [0.1, 0.15) is 184 Å². The molecule has 20 nitrogen and oxygen atoms in total. The molecule has 2 unspecified atom stereocenters. The Bertz CT molecular complexity index is 1370. The lowest BCUT2D eigenvalue weighted by molar-refractivity contribution is -0.311. The Morgan fingerprint density at radius 1 is 0.190 bits per heavy atom. The van der Waals surface area contributed by atoms with Crippen molar-refractivity contribution in [2.75, 3.05) is 0 Å². The van der Waals surface area contributed by atoms with Crippen molar-refractivity contribution in [3.05, 3.63) is 0 Å². The maximum Gasteiger partial charge on any atom is 0.266 e. The van der Waals surface area contributed by atoms with Crippen molar-refractivity contribution in [3.63, 3.8) is 0 Å². The third-order valence-electron chi connectivity index (χ3n) is 10.2. The highest BCUT2D eigenvalue weighted by Crippen LogP contribution is 2.44. The van der Waals surface area contributed by atoms with Crippen LogP contribution >= 0.6 is 253 Å². The second-order valence-corrected chi connectivity index (χ2v) is 37.3. The van der Waals surface area contributed by atoms with Gasteiger partial charge in [0.05, 0.1) is 0 Å². The van der Waals surface area contributed by atoms with E-state index in [2.05, 4.69) is 253 Å². The molecule has 0 aromatic rings. The van der Waals surface area contributed by atoms with Crippen molar-refractivity contribution < 1.29 is 102 Å². The number of unbranched alkanes of at least 4 members (excludes halogenated alkanes) is 4. The quantitative estimate of drug-likeness (QED) is 0.0358. The van der Waals surface area contributed by atoms with Crippen molar-refractivity contribution >= 4 is 253 Å². The molecular weight excluding hydrogens is 1490 g/mol. The van der Waals surface area contributed by atoms with Gasteiger partial charge in [-0.1, -0.05) is 107 Å². The van der Waals surface area contributed by atoms with E-state index < -0.39 is 77.0 Å². The summed E-state index contributed by atoms with van der Waals surface area (Å²) < 4.78 is -8.92. The van der Waals surface area contributed by atoms with Crippen LogP contribution in [-0.4, -0.2) is 179 Å². The lowest BCUT2D eigenvalue weighted by atomic mass is 10.1. The molecule has 0 fully saturated rings. The Hall–Kier alpha value is 6.20. The second kappa shape index (κ2) is 46.5. The number of hydrogen-bond donors (Lipinski definition) is 40. The first-order chi connectivity index (χ1) is 36.5. The number of thiol groups is 20. The average molecular weight is 1590 g/mol. The number of aliphatic hydroxyl groups is 20. The average Bonchev–Trinajstić information content (AvgIpc) is 3.25. The lowest BCUT2D eigenvalue weighted by Crippen LogP contribution is -2.50. The van der Waals surface area contributed by atoms with E-state index >= 15 is 0 Å². The minimum atomic E-state index is -2.75. The van der Waals surface area contributed by atoms with Crippen molar-refractivity contribution in [2.24, 2.45) is 0 Å². The SMILES string of the molecule is CCCC(O)(O)C(O)(O)S.CCCC(O)(O)C(O)(S)S.CCCC(O)(O)C(S)(S)S.CCCC(O)(S)C(S)(S)S.CCCCC(O)(O)C(O)(O)S.CCCCC(O)(O)C(O)(S)S.CCCCC(O)(O)C(S)(S)S.CCCCC(O)(S)C(S)(S)S. The van der Waals surface area contributed by atoms with E-state index in [4.69, 9.17) is 71.5 Å². The molecule has 0 aliphatic carbocycles. The fraction of sp³-hybridized carbons (Fsp3) is 1.00. The number of rotatable bonds is 28. The van der Waals surface area contributed by atoms with E-state index in [0.29, 0.717) is 44.9 Å². The molecule has 0 rings (SSSR count). The summed E-state index contributed by atoms with van der Waals surface area (Å²) in [6, 6.07) is 0. The van der Waals surface area contributed by atoms with Gasteiger partial charge in [-0.2, -0.15) is 0 Å². The Morgan fingerprint density at radius 2 is 0.369 bits per heavy atom. The van der Waals surface area contributed by atoms with Gasteiger partial charge in [-0.25, -0.2) is 0 Å². The molecule has 0 aliphatic heterocycles. The molecule has 0 radical (unpaired) electrons. The molecule has 2 atom stereocenters. The van der Waals surface area contributed by atoms with E-state index in [9.17, 15) is 30.6 Å². The molecule has 0 bridgehead atoms. The molecule has 0 aromatic carbocycles. The largest absolute Gasteiger partial charge is 0.376 e. The molecular formula is C44H104O20S20. The summed E-state index contributed by atoms with van der Waals surface area (Å²) >= 11 is 75.3. The van der Waals surface area contributed by atoms with Crippen LogP contribution in [0.3, 0.4) is 0 Å². The highest BCUT2D eigenvalue weighted by Gasteiger charge is 2.46. The van der Waals surface area contributed by atoms with Crippen molar-refractivity contribution in [1.82, 2.24) is 0 Å². The predicted octanol–water partition coefficient (Wildman–Crippen LogP) is 5.10. The zero-order chi connectivity index (χ0) is 70.1. The smallest absolute Gasteiger partial charge is 0.266 e. The summed E-state index contributed by atoms with van der Waals surface area (Å²) in [6.45, 7) is 15.0. The molecule has 0 aromatic heterocycles. The van der Waals surface area contributed by atoms with Crippen LogP contribution in [0.25, 0.3) is 0 Å². The van der Waals surface area contributed by atoms with E-state index in [1.54, 1.807) is 13.8 Å². The zero-order valence-electron chi connectivity index (χ0n) is 48.0.